The van der Waals surface area contributed by atoms with Gasteiger partial charge in [-0.05, 0) is 48.0 Å². The predicted octanol–water partition coefficient (Wildman–Crippen LogP) is 3.72. The molecule has 5 nitrogen and oxygen atoms in total. The Morgan fingerprint density at radius 2 is 2.04 bits per heavy atom. The number of aromatic nitrogens is 2. The van der Waals surface area contributed by atoms with Crippen molar-refractivity contribution in [1.29, 1.82) is 5.26 Å². The van der Waals surface area contributed by atoms with Crippen LogP contribution in [0.2, 0.25) is 5.02 Å². The normalized spacial score (nSPS) is 10.3. The second-order valence-electron chi connectivity index (χ2n) is 5.29. The van der Waals surface area contributed by atoms with Gasteiger partial charge in [-0.25, -0.2) is 9.07 Å². The predicted molar refractivity (Wildman–Crippen MR) is 92.0 cm³/mol. The van der Waals surface area contributed by atoms with E-state index in [4.69, 9.17) is 16.9 Å². The Morgan fingerprint density at radius 1 is 1.28 bits per heavy atom. The van der Waals surface area contributed by atoms with Gasteiger partial charge in [-0.1, -0.05) is 11.6 Å². The number of amides is 1. The Balaban J connectivity index is 1.67. The fourth-order valence-corrected chi connectivity index (χ4v) is 2.46. The molecule has 124 valence electrons. The zero-order valence-corrected chi connectivity index (χ0v) is 13.7. The Morgan fingerprint density at radius 3 is 2.72 bits per heavy atom. The van der Waals surface area contributed by atoms with Crippen LogP contribution in [-0.2, 0) is 11.2 Å². The van der Waals surface area contributed by atoms with Crippen molar-refractivity contribution in [2.45, 2.75) is 6.42 Å². The molecule has 2 aromatic carbocycles. The molecule has 1 aromatic heterocycles. The van der Waals surface area contributed by atoms with E-state index in [0.29, 0.717) is 21.8 Å². The number of hydrogen-bond donors (Lipinski definition) is 1. The molecule has 3 rings (SSSR count). The Kier molecular flexibility index (Phi) is 4.78. The van der Waals surface area contributed by atoms with Crippen molar-refractivity contribution >= 4 is 23.2 Å². The third kappa shape index (κ3) is 4.03. The first kappa shape index (κ1) is 16.7. The van der Waals surface area contributed by atoms with Crippen molar-refractivity contribution in [3.05, 3.63) is 76.8 Å². The van der Waals surface area contributed by atoms with Crippen molar-refractivity contribution in [1.82, 2.24) is 9.78 Å². The molecule has 0 fully saturated rings. The van der Waals surface area contributed by atoms with Crippen LogP contribution >= 0.6 is 11.6 Å². The lowest BCUT2D eigenvalue weighted by Crippen LogP contribution is -2.14. The summed E-state index contributed by atoms with van der Waals surface area (Å²) in [6.07, 6.45) is 3.06. The van der Waals surface area contributed by atoms with Crippen molar-refractivity contribution in [2.75, 3.05) is 5.32 Å². The highest BCUT2D eigenvalue weighted by Crippen LogP contribution is 2.19. The van der Waals surface area contributed by atoms with Crippen molar-refractivity contribution in [3.8, 4) is 11.8 Å². The number of nitriles is 1. The van der Waals surface area contributed by atoms with Crippen LogP contribution in [-0.4, -0.2) is 15.7 Å². The van der Waals surface area contributed by atoms with Gasteiger partial charge in [0.1, 0.15) is 11.9 Å². The van der Waals surface area contributed by atoms with Crippen LogP contribution in [0.25, 0.3) is 5.69 Å². The topological polar surface area (TPSA) is 70.7 Å². The van der Waals surface area contributed by atoms with Gasteiger partial charge in [0.25, 0.3) is 0 Å². The van der Waals surface area contributed by atoms with Gasteiger partial charge in [0.2, 0.25) is 5.91 Å². The fraction of sp³-hybridized carbons (Fsp3) is 0.0556. The average molecular weight is 355 g/mol. The number of halogens is 2. The van der Waals surface area contributed by atoms with Crippen molar-refractivity contribution in [3.63, 3.8) is 0 Å². The molecule has 0 radical (unpaired) electrons. The van der Waals surface area contributed by atoms with Crippen LogP contribution in [0.1, 0.15) is 11.1 Å². The van der Waals surface area contributed by atoms with Gasteiger partial charge < -0.3 is 5.32 Å². The quantitative estimate of drug-likeness (QED) is 0.776. The number of rotatable bonds is 4. The summed E-state index contributed by atoms with van der Waals surface area (Å²) in [6.45, 7) is 0. The fourth-order valence-electron chi connectivity index (χ4n) is 2.28. The van der Waals surface area contributed by atoms with Crippen LogP contribution in [0.4, 0.5) is 10.1 Å². The molecular formula is C18H12ClFN4O. The molecule has 0 aliphatic rings. The molecule has 0 bridgehead atoms. The summed E-state index contributed by atoms with van der Waals surface area (Å²) >= 11 is 5.97. The average Bonchev–Trinajstić information content (AvgIpc) is 3.08. The summed E-state index contributed by atoms with van der Waals surface area (Å²) in [5.41, 5.74) is 2.24. The van der Waals surface area contributed by atoms with E-state index < -0.39 is 5.82 Å². The van der Waals surface area contributed by atoms with Crippen LogP contribution in [0.3, 0.4) is 0 Å². The van der Waals surface area contributed by atoms with Crippen LogP contribution in [0.5, 0.6) is 0 Å². The lowest BCUT2D eigenvalue weighted by Gasteiger charge is -2.08. The van der Waals surface area contributed by atoms with Gasteiger partial charge in [-0.2, -0.15) is 10.4 Å². The third-order valence-electron chi connectivity index (χ3n) is 3.49. The number of anilines is 1. The van der Waals surface area contributed by atoms with E-state index in [1.54, 1.807) is 35.1 Å². The van der Waals surface area contributed by atoms with E-state index in [1.807, 2.05) is 6.07 Å². The molecule has 1 amide bonds. The zero-order chi connectivity index (χ0) is 17.8. The largest absolute Gasteiger partial charge is 0.326 e. The van der Waals surface area contributed by atoms with Gasteiger partial charge in [-0.3, -0.25) is 4.79 Å². The summed E-state index contributed by atoms with van der Waals surface area (Å²) in [7, 11) is 0. The molecular weight excluding hydrogens is 343 g/mol. The monoisotopic (exact) mass is 354 g/mol. The second kappa shape index (κ2) is 7.16. The molecule has 3 aromatic rings. The highest BCUT2D eigenvalue weighted by Gasteiger charge is 2.09. The number of carbonyl (C=O) groups is 1. The molecule has 25 heavy (non-hydrogen) atoms. The first-order chi connectivity index (χ1) is 12.0. The second-order valence-corrected chi connectivity index (χ2v) is 5.70. The number of benzene rings is 2. The number of carbonyl (C=O) groups excluding carboxylic acids is 1. The highest BCUT2D eigenvalue weighted by molar-refractivity contribution is 6.31. The summed E-state index contributed by atoms with van der Waals surface area (Å²) in [5, 5.41) is 16.0. The number of nitrogens with one attached hydrogen (secondary N) is 1. The Labute approximate surface area is 148 Å². The molecule has 0 unspecified atom stereocenters. The minimum Gasteiger partial charge on any atom is -0.326 e. The van der Waals surface area contributed by atoms with Gasteiger partial charge in [0.05, 0.1) is 23.9 Å². The van der Waals surface area contributed by atoms with E-state index in [9.17, 15) is 9.18 Å². The van der Waals surface area contributed by atoms with Crippen LogP contribution in [0, 0.1) is 17.1 Å². The Bertz CT molecular complexity index is 960. The molecule has 0 saturated heterocycles. The standard InChI is InChI=1S/C18H12ClFN4O/c19-17-6-1-14(20)7-13(17)8-18(25)23-15-2-4-16(5-3-15)24-11-12(9-21)10-22-24/h1-7,10-11H,8H2,(H,23,25). The van der Waals surface area contributed by atoms with Gasteiger partial charge in [-0.15, -0.1) is 0 Å². The molecule has 1 N–H and O–H groups in total. The van der Waals surface area contributed by atoms with E-state index in [1.165, 1.54) is 24.4 Å². The molecule has 7 heteroatoms. The highest BCUT2D eigenvalue weighted by atomic mass is 35.5. The summed E-state index contributed by atoms with van der Waals surface area (Å²) < 4.78 is 14.8. The van der Waals surface area contributed by atoms with Crippen molar-refractivity contribution in [2.24, 2.45) is 0 Å². The smallest absolute Gasteiger partial charge is 0.228 e. The maximum absolute atomic E-state index is 13.2. The lowest BCUT2D eigenvalue weighted by molar-refractivity contribution is -0.115. The third-order valence-corrected chi connectivity index (χ3v) is 3.85. The summed E-state index contributed by atoms with van der Waals surface area (Å²) in [5.74, 6) is -0.737. The molecule has 1 heterocycles. The van der Waals surface area contributed by atoms with Crippen LogP contribution in [0.15, 0.2) is 54.9 Å². The summed E-state index contributed by atoms with van der Waals surface area (Å²) in [4.78, 5) is 12.1. The molecule has 0 aliphatic heterocycles. The Hall–Kier alpha value is -3.17. The van der Waals surface area contributed by atoms with Crippen LogP contribution < -0.4 is 5.32 Å². The van der Waals surface area contributed by atoms with Crippen molar-refractivity contribution < 1.29 is 9.18 Å². The molecule has 0 saturated carbocycles. The lowest BCUT2D eigenvalue weighted by atomic mass is 10.1. The van der Waals surface area contributed by atoms with E-state index in [-0.39, 0.29) is 12.3 Å². The molecule has 0 spiro atoms. The number of hydrogen-bond acceptors (Lipinski definition) is 3. The van der Waals surface area contributed by atoms with E-state index >= 15 is 0 Å². The van der Waals surface area contributed by atoms with Gasteiger partial charge in [0, 0.05) is 16.9 Å². The number of nitrogens with zero attached hydrogens (tertiary/aromatic N) is 3. The minimum absolute atomic E-state index is 0.0248. The first-order valence-electron chi connectivity index (χ1n) is 7.34. The maximum atomic E-state index is 13.2. The minimum atomic E-state index is -0.437. The van der Waals surface area contributed by atoms with E-state index in [0.717, 1.165) is 5.69 Å². The summed E-state index contributed by atoms with van der Waals surface area (Å²) in [6, 6.07) is 12.9. The molecule has 0 atom stereocenters. The SMILES string of the molecule is N#Cc1cnn(-c2ccc(NC(=O)Cc3cc(F)ccc3Cl)cc2)c1. The van der Waals surface area contributed by atoms with E-state index in [2.05, 4.69) is 10.4 Å². The maximum Gasteiger partial charge on any atom is 0.228 e. The van der Waals surface area contributed by atoms with Gasteiger partial charge in [0.15, 0.2) is 0 Å². The first-order valence-corrected chi connectivity index (χ1v) is 7.72. The molecule has 0 aliphatic carbocycles. The van der Waals surface area contributed by atoms with Gasteiger partial charge >= 0.3 is 0 Å². The zero-order valence-electron chi connectivity index (χ0n) is 12.9.